The van der Waals surface area contributed by atoms with Crippen LogP contribution in [0.15, 0.2) is 36.4 Å². The molecule has 25 heavy (non-hydrogen) atoms. The van der Waals surface area contributed by atoms with Crippen molar-refractivity contribution in [1.29, 1.82) is 0 Å². The highest BCUT2D eigenvalue weighted by molar-refractivity contribution is 6.33. The van der Waals surface area contributed by atoms with Crippen LogP contribution in [-0.4, -0.2) is 31.4 Å². The average molecular weight is 382 g/mol. The first-order valence-corrected chi connectivity index (χ1v) is 8.27. The Morgan fingerprint density at radius 2 is 2.00 bits per heavy atom. The maximum Gasteiger partial charge on any atom is 0.258 e. The monoisotopic (exact) mass is 381 g/mol. The summed E-state index contributed by atoms with van der Waals surface area (Å²) >= 11 is 12.1. The number of carbonyl (C=O) groups is 2. The molecule has 1 aliphatic heterocycles. The van der Waals surface area contributed by atoms with Crippen LogP contribution in [0.4, 0.5) is 15.8 Å². The maximum atomic E-state index is 13.8. The van der Waals surface area contributed by atoms with Gasteiger partial charge >= 0.3 is 0 Å². The second-order valence-corrected chi connectivity index (χ2v) is 6.36. The molecule has 8 heteroatoms. The second-order valence-electron chi connectivity index (χ2n) is 5.52. The number of nitrogens with zero attached hydrogens (tertiary/aromatic N) is 1. The Balaban J connectivity index is 1.77. The minimum absolute atomic E-state index is 0.0730. The van der Waals surface area contributed by atoms with Gasteiger partial charge in [0.05, 0.1) is 22.8 Å². The standard InChI is InChI=1S/C17H14Cl2FN3O2/c18-10-1-3-14(20)12(7-10)17(25)22-11-2-4-15(13(19)8-11)23-6-5-21-16(24)9-23/h1-4,7-8H,5-6,9H2,(H,21,24)(H,22,25). The van der Waals surface area contributed by atoms with Crippen molar-refractivity contribution in [2.45, 2.75) is 0 Å². The summed E-state index contributed by atoms with van der Waals surface area (Å²) in [5, 5.41) is 5.98. The fourth-order valence-corrected chi connectivity index (χ4v) is 3.03. The highest BCUT2D eigenvalue weighted by Crippen LogP contribution is 2.29. The van der Waals surface area contributed by atoms with Crippen LogP contribution in [0, 0.1) is 5.82 Å². The van der Waals surface area contributed by atoms with Crippen LogP contribution < -0.4 is 15.5 Å². The lowest BCUT2D eigenvalue weighted by Gasteiger charge is -2.29. The van der Waals surface area contributed by atoms with Crippen molar-refractivity contribution in [3.05, 3.63) is 57.8 Å². The van der Waals surface area contributed by atoms with E-state index in [4.69, 9.17) is 23.2 Å². The van der Waals surface area contributed by atoms with Crippen LogP contribution >= 0.6 is 23.2 Å². The van der Waals surface area contributed by atoms with Crippen molar-refractivity contribution < 1.29 is 14.0 Å². The van der Waals surface area contributed by atoms with Crippen LogP contribution in [0.25, 0.3) is 0 Å². The van der Waals surface area contributed by atoms with Crippen molar-refractivity contribution >= 4 is 46.4 Å². The van der Waals surface area contributed by atoms with Gasteiger partial charge in [0.15, 0.2) is 0 Å². The topological polar surface area (TPSA) is 61.4 Å². The van der Waals surface area contributed by atoms with Gasteiger partial charge in [-0.1, -0.05) is 23.2 Å². The smallest absolute Gasteiger partial charge is 0.258 e. The molecular weight excluding hydrogens is 368 g/mol. The summed E-state index contributed by atoms with van der Waals surface area (Å²) in [4.78, 5) is 25.6. The zero-order chi connectivity index (χ0) is 18.0. The summed E-state index contributed by atoms with van der Waals surface area (Å²) < 4.78 is 13.8. The number of piperazine rings is 1. The van der Waals surface area contributed by atoms with Crippen LogP contribution in [-0.2, 0) is 4.79 Å². The predicted octanol–water partition coefficient (Wildman–Crippen LogP) is 3.32. The SMILES string of the molecule is O=C1CN(c2ccc(NC(=O)c3cc(Cl)ccc3F)cc2Cl)CCN1. The third kappa shape index (κ3) is 4.03. The Hall–Kier alpha value is -2.31. The molecule has 0 unspecified atom stereocenters. The van der Waals surface area contributed by atoms with E-state index in [2.05, 4.69) is 10.6 Å². The molecule has 0 radical (unpaired) electrons. The lowest BCUT2D eigenvalue weighted by atomic mass is 10.2. The molecule has 2 amide bonds. The zero-order valence-electron chi connectivity index (χ0n) is 13.0. The minimum atomic E-state index is -0.663. The van der Waals surface area contributed by atoms with Gasteiger partial charge in [-0.2, -0.15) is 0 Å². The summed E-state index contributed by atoms with van der Waals surface area (Å²) in [6, 6.07) is 8.68. The quantitative estimate of drug-likeness (QED) is 0.856. The molecule has 1 heterocycles. The van der Waals surface area contributed by atoms with E-state index >= 15 is 0 Å². The third-order valence-electron chi connectivity index (χ3n) is 3.76. The molecule has 2 aromatic carbocycles. The molecule has 5 nitrogen and oxygen atoms in total. The molecule has 0 bridgehead atoms. The second kappa shape index (κ2) is 7.29. The van der Waals surface area contributed by atoms with Crippen LogP contribution in [0.3, 0.4) is 0 Å². The molecule has 1 fully saturated rings. The number of hydrogen-bond acceptors (Lipinski definition) is 3. The van der Waals surface area contributed by atoms with Crippen molar-refractivity contribution in [2.24, 2.45) is 0 Å². The number of anilines is 2. The predicted molar refractivity (Wildman–Crippen MR) is 96.0 cm³/mol. The van der Waals surface area contributed by atoms with Gasteiger partial charge in [-0.15, -0.1) is 0 Å². The van der Waals surface area contributed by atoms with Gasteiger partial charge in [0.25, 0.3) is 5.91 Å². The summed E-state index contributed by atoms with van der Waals surface area (Å²) in [5.41, 5.74) is 0.962. The molecule has 2 N–H and O–H groups in total. The zero-order valence-corrected chi connectivity index (χ0v) is 14.5. The van der Waals surface area contributed by atoms with Gasteiger partial charge < -0.3 is 15.5 Å². The van der Waals surface area contributed by atoms with Gasteiger partial charge in [-0.25, -0.2) is 4.39 Å². The maximum absolute atomic E-state index is 13.8. The van der Waals surface area contributed by atoms with E-state index in [9.17, 15) is 14.0 Å². The van der Waals surface area contributed by atoms with Gasteiger partial charge in [-0.05, 0) is 36.4 Å². The summed E-state index contributed by atoms with van der Waals surface area (Å²) in [5.74, 6) is -1.36. The summed E-state index contributed by atoms with van der Waals surface area (Å²) in [6.45, 7) is 1.41. The van der Waals surface area contributed by atoms with Crippen molar-refractivity contribution in [1.82, 2.24) is 5.32 Å². The first-order chi connectivity index (χ1) is 11.9. The Kier molecular flexibility index (Phi) is 5.11. The van der Waals surface area contributed by atoms with Gasteiger partial charge in [-0.3, -0.25) is 9.59 Å². The van der Waals surface area contributed by atoms with E-state index in [1.807, 2.05) is 4.90 Å². The molecule has 1 aliphatic rings. The summed E-state index contributed by atoms with van der Waals surface area (Å²) in [6.07, 6.45) is 0. The van der Waals surface area contributed by atoms with Crippen LogP contribution in [0.5, 0.6) is 0 Å². The van der Waals surface area contributed by atoms with E-state index in [1.54, 1.807) is 18.2 Å². The lowest BCUT2D eigenvalue weighted by molar-refractivity contribution is -0.120. The largest absolute Gasteiger partial charge is 0.359 e. The number of carbonyl (C=O) groups excluding carboxylic acids is 2. The van der Waals surface area contributed by atoms with Gasteiger partial charge in [0, 0.05) is 23.8 Å². The Labute approximate surface area is 153 Å². The summed E-state index contributed by atoms with van der Waals surface area (Å²) in [7, 11) is 0. The fraction of sp³-hybridized carbons (Fsp3) is 0.176. The first-order valence-electron chi connectivity index (χ1n) is 7.51. The van der Waals surface area contributed by atoms with Crippen molar-refractivity contribution in [2.75, 3.05) is 29.9 Å². The van der Waals surface area contributed by atoms with Gasteiger partial charge in [0.1, 0.15) is 5.82 Å². The molecule has 0 atom stereocenters. The normalized spacial score (nSPS) is 14.2. The molecule has 3 rings (SSSR count). The van der Waals surface area contributed by atoms with E-state index in [-0.39, 0.29) is 23.0 Å². The third-order valence-corrected chi connectivity index (χ3v) is 4.30. The molecule has 0 aliphatic carbocycles. The number of hydrogen-bond donors (Lipinski definition) is 2. The van der Waals surface area contributed by atoms with Crippen LogP contribution in [0.2, 0.25) is 10.0 Å². The molecule has 0 saturated carbocycles. The number of nitrogens with one attached hydrogen (secondary N) is 2. The molecule has 0 aromatic heterocycles. The van der Waals surface area contributed by atoms with E-state index in [0.717, 1.165) is 6.07 Å². The lowest BCUT2D eigenvalue weighted by Crippen LogP contribution is -2.47. The molecule has 2 aromatic rings. The highest BCUT2D eigenvalue weighted by atomic mass is 35.5. The number of amides is 2. The average Bonchev–Trinajstić information content (AvgIpc) is 2.57. The van der Waals surface area contributed by atoms with Gasteiger partial charge in [0.2, 0.25) is 5.91 Å². The Morgan fingerprint density at radius 1 is 1.20 bits per heavy atom. The van der Waals surface area contributed by atoms with E-state index in [0.29, 0.717) is 29.5 Å². The first kappa shape index (κ1) is 17.5. The number of rotatable bonds is 3. The Bertz CT molecular complexity index is 845. The number of halogens is 3. The van der Waals surface area contributed by atoms with Crippen LogP contribution in [0.1, 0.15) is 10.4 Å². The molecule has 130 valence electrons. The van der Waals surface area contributed by atoms with E-state index < -0.39 is 11.7 Å². The number of benzene rings is 2. The highest BCUT2D eigenvalue weighted by Gasteiger charge is 2.19. The van der Waals surface area contributed by atoms with Crippen molar-refractivity contribution in [3.63, 3.8) is 0 Å². The van der Waals surface area contributed by atoms with Crippen molar-refractivity contribution in [3.8, 4) is 0 Å². The Morgan fingerprint density at radius 3 is 2.72 bits per heavy atom. The fourth-order valence-electron chi connectivity index (χ4n) is 2.56. The molecule has 1 saturated heterocycles. The molecular formula is C17H14Cl2FN3O2. The van der Waals surface area contributed by atoms with E-state index in [1.165, 1.54) is 12.1 Å². The minimum Gasteiger partial charge on any atom is -0.359 e. The molecule has 0 spiro atoms.